The van der Waals surface area contributed by atoms with Crippen LogP contribution in [0.3, 0.4) is 0 Å². The molecule has 0 aromatic carbocycles. The highest BCUT2D eigenvalue weighted by atomic mass is 16.4. The molecule has 18 heavy (non-hydrogen) atoms. The van der Waals surface area contributed by atoms with Gasteiger partial charge in [-0.15, -0.1) is 0 Å². The molecule has 0 fully saturated rings. The summed E-state index contributed by atoms with van der Waals surface area (Å²) in [5.74, 6) is -1.91. The van der Waals surface area contributed by atoms with Crippen LogP contribution in [0.25, 0.3) is 0 Å². The van der Waals surface area contributed by atoms with E-state index in [2.05, 4.69) is 10.2 Å². The van der Waals surface area contributed by atoms with Crippen molar-refractivity contribution in [2.24, 2.45) is 0 Å². The molecule has 2 aromatic heterocycles. The quantitative estimate of drug-likeness (QED) is 0.827. The number of furan rings is 1. The van der Waals surface area contributed by atoms with E-state index in [-0.39, 0.29) is 11.5 Å². The van der Waals surface area contributed by atoms with E-state index >= 15 is 0 Å². The molecule has 0 saturated heterocycles. The summed E-state index contributed by atoms with van der Waals surface area (Å²) >= 11 is 0. The SMILES string of the molecule is Cc1cc(C(=O)c2ccc(C(=O)O)o2)c(C)nn1. The fourth-order valence-corrected chi connectivity index (χ4v) is 1.49. The van der Waals surface area contributed by atoms with Crippen molar-refractivity contribution < 1.29 is 19.1 Å². The molecule has 0 aliphatic carbocycles. The average Bonchev–Trinajstić information content (AvgIpc) is 2.81. The van der Waals surface area contributed by atoms with Gasteiger partial charge in [-0.1, -0.05) is 0 Å². The average molecular weight is 246 g/mol. The van der Waals surface area contributed by atoms with E-state index in [1.807, 2.05) is 0 Å². The maximum Gasteiger partial charge on any atom is 0.371 e. The lowest BCUT2D eigenvalue weighted by molar-refractivity contribution is 0.0660. The predicted octanol–water partition coefficient (Wildman–Crippen LogP) is 1.62. The molecule has 0 saturated carbocycles. The first kappa shape index (κ1) is 12.0. The number of rotatable bonds is 3. The highest BCUT2D eigenvalue weighted by Crippen LogP contribution is 2.15. The molecule has 1 N–H and O–H groups in total. The first-order valence-corrected chi connectivity index (χ1v) is 5.18. The lowest BCUT2D eigenvalue weighted by Gasteiger charge is -2.01. The third-order valence-electron chi connectivity index (χ3n) is 2.39. The van der Waals surface area contributed by atoms with Crippen LogP contribution in [0.1, 0.15) is 38.1 Å². The minimum absolute atomic E-state index is 0.0251. The number of nitrogens with zero attached hydrogens (tertiary/aromatic N) is 2. The van der Waals surface area contributed by atoms with Gasteiger partial charge in [0.05, 0.1) is 17.0 Å². The molecule has 92 valence electrons. The summed E-state index contributed by atoms with van der Waals surface area (Å²) in [6.45, 7) is 3.37. The van der Waals surface area contributed by atoms with Crippen LogP contribution >= 0.6 is 0 Å². The van der Waals surface area contributed by atoms with Crippen LogP contribution in [-0.2, 0) is 0 Å². The predicted molar refractivity (Wildman–Crippen MR) is 60.6 cm³/mol. The van der Waals surface area contributed by atoms with E-state index in [1.54, 1.807) is 19.9 Å². The van der Waals surface area contributed by atoms with Gasteiger partial charge >= 0.3 is 5.97 Å². The van der Waals surface area contributed by atoms with Gasteiger partial charge in [-0.2, -0.15) is 10.2 Å². The first-order valence-electron chi connectivity index (χ1n) is 5.18. The Bertz CT molecular complexity index is 631. The first-order chi connectivity index (χ1) is 8.49. The fraction of sp³-hybridized carbons (Fsp3) is 0.167. The molecule has 0 unspecified atom stereocenters. The Morgan fingerprint density at radius 3 is 2.44 bits per heavy atom. The van der Waals surface area contributed by atoms with Gasteiger partial charge < -0.3 is 9.52 Å². The zero-order valence-electron chi connectivity index (χ0n) is 9.80. The summed E-state index contributed by atoms with van der Waals surface area (Å²) in [7, 11) is 0. The second-order valence-electron chi connectivity index (χ2n) is 3.78. The van der Waals surface area contributed by atoms with E-state index in [4.69, 9.17) is 9.52 Å². The van der Waals surface area contributed by atoms with Crippen LogP contribution in [0.5, 0.6) is 0 Å². The largest absolute Gasteiger partial charge is 0.475 e. The van der Waals surface area contributed by atoms with E-state index in [0.717, 1.165) is 0 Å². The van der Waals surface area contributed by atoms with E-state index < -0.39 is 11.8 Å². The highest BCUT2D eigenvalue weighted by Gasteiger charge is 2.19. The van der Waals surface area contributed by atoms with Crippen molar-refractivity contribution in [1.29, 1.82) is 0 Å². The van der Waals surface area contributed by atoms with E-state index in [0.29, 0.717) is 17.0 Å². The number of carboxylic acid groups (broad SMARTS) is 1. The lowest BCUT2D eigenvalue weighted by atomic mass is 10.1. The monoisotopic (exact) mass is 246 g/mol. The van der Waals surface area contributed by atoms with Crippen molar-refractivity contribution in [3.05, 3.63) is 46.7 Å². The smallest absolute Gasteiger partial charge is 0.371 e. The molecule has 2 rings (SSSR count). The minimum atomic E-state index is -1.21. The molecule has 0 amide bonds. The standard InChI is InChI=1S/C12H10N2O4/c1-6-5-8(7(2)14-13-6)11(15)9-3-4-10(18-9)12(16)17/h3-5H,1-2H3,(H,16,17). The molecule has 6 heteroatoms. The molecule has 0 bridgehead atoms. The Morgan fingerprint density at radius 1 is 1.17 bits per heavy atom. The van der Waals surface area contributed by atoms with Gasteiger partial charge in [-0.3, -0.25) is 4.79 Å². The normalized spacial score (nSPS) is 10.3. The molecular weight excluding hydrogens is 236 g/mol. The topological polar surface area (TPSA) is 93.3 Å². The Labute approximate surface area is 102 Å². The summed E-state index contributed by atoms with van der Waals surface area (Å²) in [5, 5.41) is 16.4. The maximum absolute atomic E-state index is 12.1. The number of ketones is 1. The van der Waals surface area contributed by atoms with Crippen molar-refractivity contribution >= 4 is 11.8 Å². The van der Waals surface area contributed by atoms with E-state index in [9.17, 15) is 9.59 Å². The third kappa shape index (κ3) is 2.13. The number of hydrogen-bond acceptors (Lipinski definition) is 5. The maximum atomic E-state index is 12.1. The van der Waals surface area contributed by atoms with Gasteiger partial charge in [-0.25, -0.2) is 4.79 Å². The number of carbonyl (C=O) groups is 2. The van der Waals surface area contributed by atoms with Gasteiger partial charge in [0.1, 0.15) is 0 Å². The zero-order chi connectivity index (χ0) is 13.3. The van der Waals surface area contributed by atoms with Crippen molar-refractivity contribution in [2.45, 2.75) is 13.8 Å². The van der Waals surface area contributed by atoms with Crippen LogP contribution in [0.15, 0.2) is 22.6 Å². The Morgan fingerprint density at radius 2 is 1.83 bits per heavy atom. The molecule has 0 aliphatic heterocycles. The second kappa shape index (κ2) is 4.40. The van der Waals surface area contributed by atoms with Crippen molar-refractivity contribution in [3.63, 3.8) is 0 Å². The number of aromatic carboxylic acids is 1. The van der Waals surface area contributed by atoms with Crippen LogP contribution in [0, 0.1) is 13.8 Å². The van der Waals surface area contributed by atoms with Gasteiger partial charge in [0.15, 0.2) is 5.76 Å². The lowest BCUT2D eigenvalue weighted by Crippen LogP contribution is -2.06. The summed E-state index contributed by atoms with van der Waals surface area (Å²) in [6.07, 6.45) is 0. The molecule has 0 atom stereocenters. The summed E-state index contributed by atoms with van der Waals surface area (Å²) < 4.78 is 4.96. The Balaban J connectivity index is 2.41. The molecule has 6 nitrogen and oxygen atoms in total. The highest BCUT2D eigenvalue weighted by molar-refractivity contribution is 6.08. The third-order valence-corrected chi connectivity index (χ3v) is 2.39. The van der Waals surface area contributed by atoms with Crippen LogP contribution in [0.2, 0.25) is 0 Å². The number of aryl methyl sites for hydroxylation is 2. The number of carboxylic acids is 1. The van der Waals surface area contributed by atoms with Crippen LogP contribution in [0.4, 0.5) is 0 Å². The molecule has 0 aliphatic rings. The molecule has 2 heterocycles. The van der Waals surface area contributed by atoms with Crippen molar-refractivity contribution in [2.75, 3.05) is 0 Å². The molecule has 2 aromatic rings. The summed E-state index contributed by atoms with van der Waals surface area (Å²) in [6, 6.07) is 4.17. The second-order valence-corrected chi connectivity index (χ2v) is 3.78. The van der Waals surface area contributed by atoms with E-state index in [1.165, 1.54) is 12.1 Å². The summed E-state index contributed by atoms with van der Waals surface area (Å²) in [4.78, 5) is 22.8. The summed E-state index contributed by atoms with van der Waals surface area (Å²) in [5.41, 5.74) is 1.43. The molecular formula is C12H10N2O4. The number of carbonyl (C=O) groups excluding carboxylic acids is 1. The van der Waals surface area contributed by atoms with Crippen molar-refractivity contribution in [3.8, 4) is 0 Å². The number of hydrogen-bond donors (Lipinski definition) is 1. The molecule has 0 radical (unpaired) electrons. The van der Waals surface area contributed by atoms with Gasteiger partial charge in [0, 0.05) is 0 Å². The van der Waals surface area contributed by atoms with Gasteiger partial charge in [0.25, 0.3) is 0 Å². The van der Waals surface area contributed by atoms with Gasteiger partial charge in [0.2, 0.25) is 11.5 Å². The number of aromatic nitrogens is 2. The zero-order valence-corrected chi connectivity index (χ0v) is 9.80. The van der Waals surface area contributed by atoms with Crippen molar-refractivity contribution in [1.82, 2.24) is 10.2 Å². The molecule has 0 spiro atoms. The van der Waals surface area contributed by atoms with Crippen LogP contribution < -0.4 is 0 Å². The van der Waals surface area contributed by atoms with Gasteiger partial charge in [-0.05, 0) is 32.0 Å². The minimum Gasteiger partial charge on any atom is -0.475 e. The Hall–Kier alpha value is -2.50. The fourth-order valence-electron chi connectivity index (χ4n) is 1.49. The Kier molecular flexibility index (Phi) is 2.93. The van der Waals surface area contributed by atoms with Crippen LogP contribution in [-0.4, -0.2) is 27.1 Å².